The van der Waals surface area contributed by atoms with Gasteiger partial charge in [0, 0.05) is 6.54 Å². The zero-order valence-corrected chi connectivity index (χ0v) is 14.5. The van der Waals surface area contributed by atoms with Crippen molar-refractivity contribution in [2.75, 3.05) is 6.54 Å². The number of hydrogen-bond donors (Lipinski definition) is 2. The van der Waals surface area contributed by atoms with Crippen LogP contribution in [0.15, 0.2) is 78.0 Å². The lowest BCUT2D eigenvalue weighted by atomic mass is 10.00. The predicted molar refractivity (Wildman–Crippen MR) is 95.6 cm³/mol. The van der Waals surface area contributed by atoms with Crippen molar-refractivity contribution in [1.29, 1.82) is 0 Å². The van der Waals surface area contributed by atoms with Gasteiger partial charge in [0.05, 0.1) is 24.0 Å². The Balaban J connectivity index is 1.77. The number of hydrogen-bond acceptors (Lipinski definition) is 4. The van der Waals surface area contributed by atoms with Crippen LogP contribution in [0.4, 0.5) is 0 Å². The summed E-state index contributed by atoms with van der Waals surface area (Å²) in [5.41, 5.74) is 1.25. The van der Waals surface area contributed by atoms with Crippen molar-refractivity contribution in [2.24, 2.45) is 0 Å². The molecule has 0 aliphatic heterocycles. The highest BCUT2D eigenvalue weighted by molar-refractivity contribution is 7.89. The van der Waals surface area contributed by atoms with E-state index in [9.17, 15) is 18.3 Å². The number of carboxylic acid groups (broad SMARTS) is 1. The number of benzene rings is 2. The molecule has 1 heterocycles. The first-order chi connectivity index (χ1) is 12.5. The molecule has 0 fully saturated rings. The highest BCUT2D eigenvalue weighted by atomic mass is 32.2. The van der Waals surface area contributed by atoms with Gasteiger partial charge in [-0.3, -0.25) is 4.79 Å². The van der Waals surface area contributed by atoms with Crippen molar-refractivity contribution in [3.8, 4) is 5.69 Å². The van der Waals surface area contributed by atoms with Crippen LogP contribution in [0.3, 0.4) is 0 Å². The minimum atomic E-state index is -3.88. The number of carboxylic acids is 1. The molecule has 0 radical (unpaired) electrons. The van der Waals surface area contributed by atoms with Crippen LogP contribution in [0, 0.1) is 0 Å². The lowest BCUT2D eigenvalue weighted by Gasteiger charge is -2.13. The maximum absolute atomic E-state index is 12.5. The molecule has 26 heavy (non-hydrogen) atoms. The fourth-order valence-corrected chi connectivity index (χ4v) is 3.45. The molecular weight excluding hydrogens is 354 g/mol. The standard InChI is InChI=1S/C18H17N3O4S/c22-18(23)17(14-7-3-1-4-8-14)12-20-26(24,25)16-11-19-21(13-16)15-9-5-2-6-10-15/h1-11,13,17,20H,12H2,(H,22,23). The van der Waals surface area contributed by atoms with Crippen LogP contribution in [0.5, 0.6) is 0 Å². The van der Waals surface area contributed by atoms with Gasteiger partial charge in [-0.05, 0) is 17.7 Å². The minimum absolute atomic E-state index is 0.0291. The first-order valence-electron chi connectivity index (χ1n) is 7.85. The van der Waals surface area contributed by atoms with Gasteiger partial charge in [0.1, 0.15) is 4.90 Å². The molecule has 8 heteroatoms. The number of aliphatic carboxylic acids is 1. The van der Waals surface area contributed by atoms with Crippen LogP contribution in [0.2, 0.25) is 0 Å². The Kier molecular flexibility index (Phi) is 5.15. The van der Waals surface area contributed by atoms with Crippen LogP contribution in [0.1, 0.15) is 11.5 Å². The van der Waals surface area contributed by atoms with Crippen LogP contribution in [-0.4, -0.2) is 35.8 Å². The van der Waals surface area contributed by atoms with E-state index >= 15 is 0 Å². The van der Waals surface area contributed by atoms with Crippen molar-refractivity contribution >= 4 is 16.0 Å². The Hall–Kier alpha value is -2.97. The zero-order chi connectivity index (χ0) is 18.6. The first kappa shape index (κ1) is 17.8. The van der Waals surface area contributed by atoms with E-state index in [1.807, 2.05) is 18.2 Å². The molecule has 0 spiro atoms. The van der Waals surface area contributed by atoms with E-state index in [2.05, 4.69) is 9.82 Å². The van der Waals surface area contributed by atoms with Crippen LogP contribution < -0.4 is 4.72 Å². The summed E-state index contributed by atoms with van der Waals surface area (Å²) < 4.78 is 28.8. The van der Waals surface area contributed by atoms with E-state index in [-0.39, 0.29) is 11.4 Å². The van der Waals surface area contributed by atoms with Crippen molar-refractivity contribution in [1.82, 2.24) is 14.5 Å². The Morgan fingerprint density at radius 1 is 1.08 bits per heavy atom. The summed E-state index contributed by atoms with van der Waals surface area (Å²) in [7, 11) is -3.88. The number of sulfonamides is 1. The largest absolute Gasteiger partial charge is 0.481 e. The average Bonchev–Trinajstić information content (AvgIpc) is 3.14. The van der Waals surface area contributed by atoms with E-state index in [1.165, 1.54) is 17.1 Å². The molecule has 2 aromatic carbocycles. The van der Waals surface area contributed by atoms with Gasteiger partial charge in [-0.1, -0.05) is 48.5 Å². The molecule has 0 aliphatic carbocycles. The van der Waals surface area contributed by atoms with Gasteiger partial charge in [0.15, 0.2) is 0 Å². The SMILES string of the molecule is O=C(O)C(CNS(=O)(=O)c1cnn(-c2ccccc2)c1)c1ccccc1. The highest BCUT2D eigenvalue weighted by Gasteiger charge is 2.24. The minimum Gasteiger partial charge on any atom is -0.481 e. The highest BCUT2D eigenvalue weighted by Crippen LogP contribution is 2.17. The molecule has 1 aromatic heterocycles. The molecule has 3 rings (SSSR count). The maximum Gasteiger partial charge on any atom is 0.312 e. The first-order valence-corrected chi connectivity index (χ1v) is 9.33. The molecule has 1 unspecified atom stereocenters. The average molecular weight is 371 g/mol. The molecule has 0 amide bonds. The lowest BCUT2D eigenvalue weighted by Crippen LogP contribution is -2.31. The third-order valence-electron chi connectivity index (χ3n) is 3.87. The van der Waals surface area contributed by atoms with E-state index in [1.54, 1.807) is 42.5 Å². The van der Waals surface area contributed by atoms with Crippen LogP contribution in [-0.2, 0) is 14.8 Å². The van der Waals surface area contributed by atoms with Crippen molar-refractivity contribution in [3.05, 3.63) is 78.6 Å². The van der Waals surface area contributed by atoms with E-state index in [0.29, 0.717) is 5.56 Å². The fraction of sp³-hybridized carbons (Fsp3) is 0.111. The van der Waals surface area contributed by atoms with Gasteiger partial charge in [-0.15, -0.1) is 0 Å². The summed E-state index contributed by atoms with van der Waals surface area (Å²) in [6.07, 6.45) is 2.61. The zero-order valence-electron chi connectivity index (χ0n) is 13.7. The quantitative estimate of drug-likeness (QED) is 0.662. The molecular formula is C18H17N3O4S. The smallest absolute Gasteiger partial charge is 0.312 e. The van der Waals surface area contributed by atoms with E-state index in [4.69, 9.17) is 0 Å². The fourth-order valence-electron chi connectivity index (χ4n) is 2.48. The molecule has 0 bridgehead atoms. The normalized spacial score (nSPS) is 12.6. The summed E-state index contributed by atoms with van der Waals surface area (Å²) in [4.78, 5) is 11.5. The van der Waals surface area contributed by atoms with Gasteiger partial charge in [0.25, 0.3) is 0 Å². The summed E-state index contributed by atoms with van der Waals surface area (Å²) in [5.74, 6) is -2.07. The Bertz CT molecular complexity index is 986. The van der Waals surface area contributed by atoms with E-state index < -0.39 is 21.9 Å². The molecule has 2 N–H and O–H groups in total. The second-order valence-corrected chi connectivity index (χ2v) is 7.38. The van der Waals surface area contributed by atoms with Crippen LogP contribution in [0.25, 0.3) is 5.69 Å². The monoisotopic (exact) mass is 371 g/mol. The number of aromatic nitrogens is 2. The Morgan fingerprint density at radius 3 is 2.31 bits per heavy atom. The lowest BCUT2D eigenvalue weighted by molar-refractivity contribution is -0.138. The number of para-hydroxylation sites is 1. The summed E-state index contributed by atoms with van der Waals surface area (Å²) in [6.45, 7) is -0.252. The second-order valence-electron chi connectivity index (χ2n) is 5.61. The molecule has 0 saturated carbocycles. The number of rotatable bonds is 7. The number of carbonyl (C=O) groups is 1. The van der Waals surface area contributed by atoms with Gasteiger partial charge >= 0.3 is 5.97 Å². The predicted octanol–water partition coefficient (Wildman–Crippen LogP) is 2.02. The summed E-state index contributed by atoms with van der Waals surface area (Å²) >= 11 is 0. The molecule has 134 valence electrons. The molecule has 1 atom stereocenters. The molecule has 3 aromatic rings. The van der Waals surface area contributed by atoms with Gasteiger partial charge in [0.2, 0.25) is 10.0 Å². The third-order valence-corrected chi connectivity index (χ3v) is 5.25. The Morgan fingerprint density at radius 2 is 1.69 bits per heavy atom. The molecule has 0 aliphatic rings. The van der Waals surface area contributed by atoms with Gasteiger partial charge in [-0.2, -0.15) is 5.10 Å². The van der Waals surface area contributed by atoms with Gasteiger partial charge < -0.3 is 5.11 Å². The van der Waals surface area contributed by atoms with Crippen LogP contribution >= 0.6 is 0 Å². The van der Waals surface area contributed by atoms with Gasteiger partial charge in [-0.25, -0.2) is 17.8 Å². The summed E-state index contributed by atoms with van der Waals surface area (Å²) in [5, 5.41) is 13.4. The summed E-state index contributed by atoms with van der Waals surface area (Å²) in [6, 6.07) is 17.6. The maximum atomic E-state index is 12.5. The Labute approximate surface area is 151 Å². The molecule has 0 saturated heterocycles. The van der Waals surface area contributed by atoms with Crippen molar-refractivity contribution < 1.29 is 18.3 Å². The number of nitrogens with one attached hydrogen (secondary N) is 1. The van der Waals surface area contributed by atoms with Crippen molar-refractivity contribution in [2.45, 2.75) is 10.8 Å². The molecule has 7 nitrogen and oxygen atoms in total. The topological polar surface area (TPSA) is 101 Å². The third kappa shape index (κ3) is 3.98. The van der Waals surface area contributed by atoms with E-state index in [0.717, 1.165) is 5.69 Å². The number of nitrogens with zero attached hydrogens (tertiary/aromatic N) is 2. The van der Waals surface area contributed by atoms with Crippen molar-refractivity contribution in [3.63, 3.8) is 0 Å². The second kappa shape index (κ2) is 7.51.